The van der Waals surface area contributed by atoms with Gasteiger partial charge in [-0.25, -0.2) is 9.78 Å². The van der Waals surface area contributed by atoms with Crippen molar-refractivity contribution in [3.05, 3.63) is 59.1 Å². The second-order valence-electron chi connectivity index (χ2n) is 8.65. The molecule has 0 radical (unpaired) electrons. The summed E-state index contributed by atoms with van der Waals surface area (Å²) in [5.41, 5.74) is 4.17. The number of carboxylic acids is 1. The van der Waals surface area contributed by atoms with Gasteiger partial charge in [0.05, 0.1) is 25.3 Å². The molecule has 37 heavy (non-hydrogen) atoms. The fourth-order valence-electron chi connectivity index (χ4n) is 4.35. The molecule has 1 atom stereocenters. The van der Waals surface area contributed by atoms with Gasteiger partial charge in [-0.1, -0.05) is 12.1 Å². The zero-order chi connectivity index (χ0) is 25.9. The molecule has 10 nitrogen and oxygen atoms in total. The molecule has 0 aliphatic carbocycles. The van der Waals surface area contributed by atoms with Crippen LogP contribution in [0.2, 0.25) is 0 Å². The molecule has 11 heteroatoms. The van der Waals surface area contributed by atoms with E-state index in [0.29, 0.717) is 48.3 Å². The second-order valence-corrected chi connectivity index (χ2v) is 9.48. The third-order valence-electron chi connectivity index (χ3n) is 6.34. The number of hydrogen-bond acceptors (Lipinski definition) is 10. The van der Waals surface area contributed by atoms with Gasteiger partial charge < -0.3 is 24.8 Å². The van der Waals surface area contributed by atoms with Gasteiger partial charge in [0.15, 0.2) is 22.1 Å². The molecular formula is C26H25N5O5S. The standard InChI is InChI=1S/C26H25N5O5S/c1-35-20-8-7-18(12-21(20)36-2)28-23-22-24(37-14-27-22)30-26(29-23)31-10-9-17(13-31)19(32)11-15-3-5-16(6-4-15)25(33)34/h3-8,12,14,17H,9-11,13H2,1-2H3,(H,33,34)(H,28,29,30). The lowest BCUT2D eigenvalue weighted by Gasteiger charge is -2.18. The van der Waals surface area contributed by atoms with Crippen LogP contribution in [0.4, 0.5) is 17.5 Å². The van der Waals surface area contributed by atoms with Crippen molar-refractivity contribution in [3.63, 3.8) is 0 Å². The smallest absolute Gasteiger partial charge is 0.335 e. The van der Waals surface area contributed by atoms with Crippen LogP contribution >= 0.6 is 11.3 Å². The maximum atomic E-state index is 13.0. The van der Waals surface area contributed by atoms with Crippen molar-refractivity contribution in [2.24, 2.45) is 5.92 Å². The van der Waals surface area contributed by atoms with E-state index in [9.17, 15) is 9.59 Å². The van der Waals surface area contributed by atoms with Crippen LogP contribution in [0.25, 0.3) is 10.3 Å². The van der Waals surface area contributed by atoms with Crippen molar-refractivity contribution in [1.29, 1.82) is 0 Å². The monoisotopic (exact) mass is 519 g/mol. The van der Waals surface area contributed by atoms with Gasteiger partial charge >= 0.3 is 5.97 Å². The van der Waals surface area contributed by atoms with Crippen molar-refractivity contribution >= 4 is 50.9 Å². The summed E-state index contributed by atoms with van der Waals surface area (Å²) in [6, 6.07) is 11.9. The Morgan fingerprint density at radius 3 is 2.62 bits per heavy atom. The normalized spacial score (nSPS) is 15.1. The van der Waals surface area contributed by atoms with Crippen LogP contribution in [-0.2, 0) is 11.2 Å². The first-order valence-corrected chi connectivity index (χ1v) is 12.5. The zero-order valence-electron chi connectivity index (χ0n) is 20.3. The third-order valence-corrected chi connectivity index (χ3v) is 7.06. The van der Waals surface area contributed by atoms with Crippen molar-refractivity contribution < 1.29 is 24.2 Å². The predicted octanol–water partition coefficient (Wildman–Crippen LogP) is 4.18. The van der Waals surface area contributed by atoms with E-state index >= 15 is 0 Å². The van der Waals surface area contributed by atoms with E-state index in [2.05, 4.69) is 10.3 Å². The molecule has 0 bridgehead atoms. The van der Waals surface area contributed by atoms with Crippen molar-refractivity contribution in [3.8, 4) is 11.5 Å². The Balaban J connectivity index is 1.32. The molecule has 5 rings (SSSR count). The Morgan fingerprint density at radius 1 is 1.11 bits per heavy atom. The first kappa shape index (κ1) is 24.4. The van der Waals surface area contributed by atoms with E-state index < -0.39 is 5.97 Å². The highest BCUT2D eigenvalue weighted by atomic mass is 32.1. The second kappa shape index (κ2) is 10.4. The lowest BCUT2D eigenvalue weighted by atomic mass is 9.97. The molecule has 1 aliphatic rings. The maximum Gasteiger partial charge on any atom is 0.335 e. The molecule has 1 saturated heterocycles. The van der Waals surface area contributed by atoms with E-state index in [-0.39, 0.29) is 23.7 Å². The van der Waals surface area contributed by atoms with Gasteiger partial charge in [-0.15, -0.1) is 11.3 Å². The third kappa shape index (κ3) is 5.17. The Hall–Kier alpha value is -4.25. The molecule has 4 aromatic rings. The highest BCUT2D eigenvalue weighted by Gasteiger charge is 2.30. The van der Waals surface area contributed by atoms with Gasteiger partial charge in [-0.3, -0.25) is 4.79 Å². The molecule has 0 saturated carbocycles. The van der Waals surface area contributed by atoms with E-state index in [1.165, 1.54) is 23.5 Å². The van der Waals surface area contributed by atoms with Gasteiger partial charge in [-0.2, -0.15) is 9.97 Å². The van der Waals surface area contributed by atoms with Crippen LogP contribution in [0.15, 0.2) is 48.0 Å². The van der Waals surface area contributed by atoms with Gasteiger partial charge in [0.2, 0.25) is 5.95 Å². The van der Waals surface area contributed by atoms with Gasteiger partial charge in [0, 0.05) is 37.2 Å². The minimum Gasteiger partial charge on any atom is -0.493 e. The number of anilines is 3. The van der Waals surface area contributed by atoms with E-state index in [1.807, 2.05) is 23.1 Å². The highest BCUT2D eigenvalue weighted by molar-refractivity contribution is 7.16. The van der Waals surface area contributed by atoms with E-state index in [1.54, 1.807) is 31.9 Å². The summed E-state index contributed by atoms with van der Waals surface area (Å²) in [6.45, 7) is 1.18. The van der Waals surface area contributed by atoms with E-state index in [4.69, 9.17) is 24.5 Å². The fraction of sp³-hybridized carbons (Fsp3) is 0.269. The van der Waals surface area contributed by atoms with Crippen LogP contribution < -0.4 is 19.7 Å². The summed E-state index contributed by atoms with van der Waals surface area (Å²) in [5, 5.41) is 12.4. The van der Waals surface area contributed by atoms with E-state index in [0.717, 1.165) is 16.1 Å². The molecule has 1 fully saturated rings. The number of ether oxygens (including phenoxy) is 2. The number of nitrogens with zero attached hydrogens (tertiary/aromatic N) is 4. The summed E-state index contributed by atoms with van der Waals surface area (Å²) in [4.78, 5) is 40.7. The number of ketones is 1. The molecule has 2 N–H and O–H groups in total. The minimum absolute atomic E-state index is 0.119. The Morgan fingerprint density at radius 2 is 1.89 bits per heavy atom. The fourth-order valence-corrected chi connectivity index (χ4v) is 5.00. The number of methoxy groups -OCH3 is 2. The lowest BCUT2D eigenvalue weighted by Crippen LogP contribution is -2.25. The number of fused-ring (bicyclic) bond motifs is 1. The molecular weight excluding hydrogens is 494 g/mol. The van der Waals surface area contributed by atoms with Crippen molar-refractivity contribution in [2.45, 2.75) is 12.8 Å². The number of benzene rings is 2. The van der Waals surface area contributed by atoms with Gasteiger partial charge in [-0.05, 0) is 36.2 Å². The number of aromatic nitrogens is 3. The molecule has 1 unspecified atom stereocenters. The Labute approximate surface area is 216 Å². The number of Topliss-reactive ketones (excluding diaryl/α,β-unsaturated/α-hetero) is 1. The molecule has 2 aromatic carbocycles. The van der Waals surface area contributed by atoms with Crippen LogP contribution in [0.1, 0.15) is 22.3 Å². The number of carboxylic acid groups (broad SMARTS) is 1. The number of nitrogens with one attached hydrogen (secondary N) is 1. The minimum atomic E-state index is -0.984. The Bertz CT molecular complexity index is 1460. The van der Waals surface area contributed by atoms with Gasteiger partial charge in [0.25, 0.3) is 0 Å². The molecule has 0 spiro atoms. The summed E-state index contributed by atoms with van der Waals surface area (Å²) >= 11 is 1.43. The van der Waals surface area contributed by atoms with Crippen LogP contribution in [0.3, 0.4) is 0 Å². The first-order valence-electron chi connectivity index (χ1n) is 11.7. The Kier molecular flexibility index (Phi) is 6.87. The number of carbonyl (C=O) groups excluding carboxylic acids is 1. The van der Waals surface area contributed by atoms with Crippen LogP contribution in [0, 0.1) is 5.92 Å². The maximum absolute atomic E-state index is 13.0. The predicted molar refractivity (Wildman–Crippen MR) is 140 cm³/mol. The average molecular weight is 520 g/mol. The molecule has 0 amide bonds. The van der Waals surface area contributed by atoms with Gasteiger partial charge in [0.1, 0.15) is 11.3 Å². The SMILES string of the molecule is COc1ccc(Nc2nc(N3CCC(C(=O)Cc4ccc(C(=O)O)cc4)C3)nc3scnc23)cc1OC. The zero-order valence-corrected chi connectivity index (χ0v) is 21.1. The molecule has 2 aromatic heterocycles. The highest BCUT2D eigenvalue weighted by Crippen LogP contribution is 2.34. The lowest BCUT2D eigenvalue weighted by molar-refractivity contribution is -0.121. The number of thiazole rings is 1. The quantitative estimate of drug-likeness (QED) is 0.332. The topological polar surface area (TPSA) is 127 Å². The number of aromatic carboxylic acids is 1. The summed E-state index contributed by atoms with van der Waals surface area (Å²) in [7, 11) is 3.17. The molecule has 3 heterocycles. The largest absolute Gasteiger partial charge is 0.493 e. The summed E-state index contributed by atoms with van der Waals surface area (Å²) < 4.78 is 10.7. The first-order chi connectivity index (χ1) is 17.9. The van der Waals surface area contributed by atoms with Crippen molar-refractivity contribution in [2.75, 3.05) is 37.5 Å². The number of hydrogen-bond donors (Lipinski definition) is 2. The molecule has 190 valence electrons. The van der Waals surface area contributed by atoms with Crippen LogP contribution in [-0.4, -0.2) is 59.1 Å². The number of carbonyl (C=O) groups is 2. The van der Waals surface area contributed by atoms with Crippen molar-refractivity contribution in [1.82, 2.24) is 15.0 Å². The average Bonchev–Trinajstić information content (AvgIpc) is 3.59. The summed E-state index contributed by atoms with van der Waals surface area (Å²) in [5.74, 6) is 1.32. The summed E-state index contributed by atoms with van der Waals surface area (Å²) in [6.07, 6.45) is 0.966. The molecule has 1 aliphatic heterocycles. The number of rotatable bonds is 9. The van der Waals surface area contributed by atoms with Crippen LogP contribution in [0.5, 0.6) is 11.5 Å².